The van der Waals surface area contributed by atoms with Crippen molar-refractivity contribution in [1.29, 1.82) is 0 Å². The number of halogens is 1. The lowest BCUT2D eigenvalue weighted by Crippen LogP contribution is -2.41. The molecular weight excluding hydrogens is 314 g/mol. The van der Waals surface area contributed by atoms with Crippen LogP contribution in [0.15, 0.2) is 10.1 Å². The normalized spacial score (nSPS) is 24.0. The van der Waals surface area contributed by atoms with Crippen LogP contribution in [0.25, 0.3) is 5.57 Å². The van der Waals surface area contributed by atoms with Gasteiger partial charge in [0, 0.05) is 17.5 Å². The summed E-state index contributed by atoms with van der Waals surface area (Å²) in [4.78, 5) is 11.3. The molecule has 1 aromatic heterocycles. The summed E-state index contributed by atoms with van der Waals surface area (Å²) in [5.41, 5.74) is -0.307. The van der Waals surface area contributed by atoms with Gasteiger partial charge in [-0.2, -0.15) is 0 Å². The zero-order valence-corrected chi connectivity index (χ0v) is 14.7. The van der Waals surface area contributed by atoms with Crippen molar-refractivity contribution in [3.8, 4) is 0 Å². The van der Waals surface area contributed by atoms with E-state index >= 15 is 4.39 Å². The monoisotopic (exact) mass is 336 g/mol. The van der Waals surface area contributed by atoms with Crippen LogP contribution in [0.1, 0.15) is 68.0 Å². The highest BCUT2D eigenvalue weighted by molar-refractivity contribution is 6.55. The van der Waals surface area contributed by atoms with Crippen LogP contribution >= 0.6 is 0 Å². The van der Waals surface area contributed by atoms with E-state index in [0.29, 0.717) is 41.7 Å². The third-order valence-corrected chi connectivity index (χ3v) is 5.29. The van der Waals surface area contributed by atoms with Gasteiger partial charge in [0.05, 0.1) is 11.2 Å². The van der Waals surface area contributed by atoms with Crippen LogP contribution in [0.4, 0.5) is 4.39 Å². The molecule has 0 amide bonds. The summed E-state index contributed by atoms with van der Waals surface area (Å²) in [6, 6.07) is 0. The molecule has 24 heavy (non-hydrogen) atoms. The number of rotatable bonds is 2. The Morgan fingerprint density at radius 3 is 2.29 bits per heavy atom. The molecule has 0 bridgehead atoms. The molecule has 5 nitrogen and oxygen atoms in total. The van der Waals surface area contributed by atoms with Gasteiger partial charge in [-0.25, -0.2) is 9.18 Å². The van der Waals surface area contributed by atoms with Gasteiger partial charge in [-0.1, -0.05) is 0 Å². The maximum atomic E-state index is 15.2. The minimum atomic E-state index is -1.14. The number of hydrogen-bond acceptors (Lipinski definition) is 4. The van der Waals surface area contributed by atoms with E-state index in [4.69, 9.17) is 13.7 Å². The van der Waals surface area contributed by atoms with Crippen LogP contribution in [0, 0.1) is 6.92 Å². The highest BCUT2D eigenvalue weighted by Gasteiger charge is 2.53. The van der Waals surface area contributed by atoms with Crippen molar-refractivity contribution < 1.29 is 28.0 Å². The van der Waals surface area contributed by atoms with Gasteiger partial charge in [-0.15, -0.1) is 0 Å². The van der Waals surface area contributed by atoms with Crippen molar-refractivity contribution in [2.24, 2.45) is 0 Å². The van der Waals surface area contributed by atoms with Gasteiger partial charge in [-0.05, 0) is 53.0 Å². The SMILES string of the molecule is Cc1c(C(=O)O)oc2c1C(=C(F)B1OC(C)(C)C(C)(C)O1)CCC2. The second-order valence-corrected chi connectivity index (χ2v) is 7.43. The summed E-state index contributed by atoms with van der Waals surface area (Å²) in [5.74, 6) is -0.740. The fourth-order valence-electron chi connectivity index (χ4n) is 3.23. The Kier molecular flexibility index (Phi) is 3.92. The Labute approximate surface area is 141 Å². The third kappa shape index (κ3) is 2.50. The van der Waals surface area contributed by atoms with Crippen LogP contribution in [-0.2, 0) is 15.7 Å². The van der Waals surface area contributed by atoms with Gasteiger partial charge in [0.15, 0.2) is 0 Å². The van der Waals surface area contributed by atoms with Crippen LogP contribution in [0.2, 0.25) is 0 Å². The van der Waals surface area contributed by atoms with Crippen LogP contribution in [-0.4, -0.2) is 29.4 Å². The van der Waals surface area contributed by atoms with Crippen molar-refractivity contribution in [2.45, 2.75) is 65.1 Å². The molecule has 0 spiro atoms. The third-order valence-electron chi connectivity index (χ3n) is 5.29. The van der Waals surface area contributed by atoms with Gasteiger partial charge in [0.2, 0.25) is 5.76 Å². The first kappa shape index (κ1) is 17.2. The lowest BCUT2D eigenvalue weighted by Gasteiger charge is -2.32. The summed E-state index contributed by atoms with van der Waals surface area (Å²) >= 11 is 0. The molecule has 1 saturated heterocycles. The molecule has 0 unspecified atom stereocenters. The van der Waals surface area contributed by atoms with E-state index in [1.807, 2.05) is 27.7 Å². The molecule has 0 radical (unpaired) electrons. The van der Waals surface area contributed by atoms with Crippen molar-refractivity contribution in [3.05, 3.63) is 28.4 Å². The summed E-state index contributed by atoms with van der Waals surface area (Å²) in [5, 5.41) is 9.24. The first-order valence-corrected chi connectivity index (χ1v) is 8.15. The van der Waals surface area contributed by atoms with E-state index in [9.17, 15) is 9.90 Å². The number of carbonyl (C=O) groups is 1. The Hall–Kier alpha value is -1.60. The van der Waals surface area contributed by atoms with E-state index in [2.05, 4.69) is 0 Å². The smallest absolute Gasteiger partial charge is 0.475 e. The Balaban J connectivity index is 2.05. The zero-order chi connectivity index (χ0) is 17.9. The lowest BCUT2D eigenvalue weighted by atomic mass is 9.78. The molecule has 7 heteroatoms. The number of carboxylic acid groups (broad SMARTS) is 1. The highest BCUT2D eigenvalue weighted by atomic mass is 19.1. The van der Waals surface area contributed by atoms with E-state index in [1.165, 1.54) is 0 Å². The van der Waals surface area contributed by atoms with Gasteiger partial charge >= 0.3 is 13.1 Å². The lowest BCUT2D eigenvalue weighted by molar-refractivity contribution is 0.00578. The largest absolute Gasteiger partial charge is 0.525 e. The second kappa shape index (κ2) is 5.46. The van der Waals surface area contributed by atoms with Crippen molar-refractivity contribution in [1.82, 2.24) is 0 Å². The molecule has 130 valence electrons. The van der Waals surface area contributed by atoms with Gasteiger partial charge in [0.25, 0.3) is 0 Å². The number of allylic oxidation sites excluding steroid dienone is 1. The molecule has 1 fully saturated rings. The summed E-state index contributed by atoms with van der Waals surface area (Å²) in [6.45, 7) is 9.10. The van der Waals surface area contributed by atoms with E-state index in [0.717, 1.165) is 0 Å². The fourth-order valence-corrected chi connectivity index (χ4v) is 3.23. The topological polar surface area (TPSA) is 68.9 Å². The molecule has 0 atom stereocenters. The molecule has 1 N–H and O–H groups in total. The average Bonchev–Trinajstić information content (AvgIpc) is 2.93. The number of fused-ring (bicyclic) bond motifs is 1. The minimum absolute atomic E-state index is 0.124. The number of carboxylic acids is 1. The minimum Gasteiger partial charge on any atom is -0.475 e. The summed E-state index contributed by atoms with van der Waals surface area (Å²) < 4.78 is 32.2. The molecule has 2 heterocycles. The van der Waals surface area contributed by atoms with Crippen molar-refractivity contribution in [2.75, 3.05) is 0 Å². The molecule has 1 aliphatic heterocycles. The van der Waals surface area contributed by atoms with E-state index < -0.39 is 30.0 Å². The first-order chi connectivity index (χ1) is 11.0. The van der Waals surface area contributed by atoms with Gasteiger partial charge in [-0.3, -0.25) is 0 Å². The van der Waals surface area contributed by atoms with Crippen LogP contribution < -0.4 is 0 Å². The van der Waals surface area contributed by atoms with Crippen LogP contribution in [0.5, 0.6) is 0 Å². The number of aryl methyl sites for hydroxylation is 1. The fraction of sp³-hybridized carbons (Fsp3) is 0.588. The Bertz CT molecular complexity index is 716. The Morgan fingerprint density at radius 2 is 1.75 bits per heavy atom. The molecule has 1 aromatic rings. The predicted octanol–water partition coefficient (Wildman–Crippen LogP) is 3.93. The number of aromatic carboxylic acids is 1. The molecule has 1 aliphatic carbocycles. The summed E-state index contributed by atoms with van der Waals surface area (Å²) in [7, 11) is -1.08. The van der Waals surface area contributed by atoms with Gasteiger partial charge in [0.1, 0.15) is 11.5 Å². The standard InChI is InChI=1S/C17H22BFO5/c1-9-12-10(7-6-8-11(12)22-13(9)15(20)21)14(19)18-23-16(2,3)17(4,5)24-18/h6-8H2,1-5H3,(H,20,21). The first-order valence-electron chi connectivity index (χ1n) is 8.15. The molecular formula is C17H22BFO5. The van der Waals surface area contributed by atoms with E-state index in [1.54, 1.807) is 6.92 Å². The average molecular weight is 336 g/mol. The second-order valence-electron chi connectivity index (χ2n) is 7.43. The maximum Gasteiger partial charge on any atom is 0.525 e. The molecule has 3 rings (SSSR count). The number of furan rings is 1. The zero-order valence-electron chi connectivity index (χ0n) is 14.7. The predicted molar refractivity (Wildman–Crippen MR) is 87.5 cm³/mol. The van der Waals surface area contributed by atoms with Crippen molar-refractivity contribution >= 4 is 18.7 Å². The van der Waals surface area contributed by atoms with Gasteiger partial charge < -0.3 is 18.8 Å². The number of hydrogen-bond donors (Lipinski definition) is 1. The van der Waals surface area contributed by atoms with Crippen molar-refractivity contribution in [3.63, 3.8) is 0 Å². The molecule has 0 saturated carbocycles. The maximum absolute atomic E-state index is 15.2. The van der Waals surface area contributed by atoms with Crippen LogP contribution in [0.3, 0.4) is 0 Å². The Morgan fingerprint density at radius 1 is 1.17 bits per heavy atom. The van der Waals surface area contributed by atoms with E-state index in [-0.39, 0.29) is 5.76 Å². The molecule has 0 aromatic carbocycles. The highest BCUT2D eigenvalue weighted by Crippen LogP contribution is 2.44. The summed E-state index contributed by atoms with van der Waals surface area (Å²) in [6.07, 6.45) is 1.80. The quantitative estimate of drug-likeness (QED) is 0.829. The molecule has 2 aliphatic rings.